The monoisotopic (exact) mass is 469 g/mol. The molecule has 2 aliphatic rings. The largest absolute Gasteiger partial charge is 0.381 e. The van der Waals surface area contributed by atoms with Crippen LogP contribution in [0.25, 0.3) is 5.65 Å². The van der Waals surface area contributed by atoms with Crippen molar-refractivity contribution in [3.63, 3.8) is 0 Å². The number of hydrogen-bond acceptors (Lipinski definition) is 7. The van der Waals surface area contributed by atoms with Gasteiger partial charge in [-0.2, -0.15) is 9.61 Å². The number of carbonyl (C=O) groups excluding carboxylic acids is 1. The van der Waals surface area contributed by atoms with E-state index in [9.17, 15) is 9.59 Å². The summed E-state index contributed by atoms with van der Waals surface area (Å²) in [7, 11) is 5.15. The molecule has 10 heteroatoms. The molecule has 0 bridgehead atoms. The maximum atomic E-state index is 12.1. The van der Waals surface area contributed by atoms with Gasteiger partial charge in [0.05, 0.1) is 12.3 Å². The lowest BCUT2D eigenvalue weighted by Gasteiger charge is -2.22. The van der Waals surface area contributed by atoms with Gasteiger partial charge in [-0.05, 0) is 31.4 Å². The minimum Gasteiger partial charge on any atom is -0.381 e. The second kappa shape index (κ2) is 12.2. The summed E-state index contributed by atoms with van der Waals surface area (Å²) in [4.78, 5) is 27.9. The highest BCUT2D eigenvalue weighted by atomic mass is 16.5. The van der Waals surface area contributed by atoms with Gasteiger partial charge in [-0.3, -0.25) is 9.59 Å². The van der Waals surface area contributed by atoms with Crippen molar-refractivity contribution >= 4 is 28.9 Å². The Kier molecular flexibility index (Phi) is 9.03. The average molecular weight is 470 g/mol. The first-order valence-electron chi connectivity index (χ1n) is 11.8. The van der Waals surface area contributed by atoms with Crippen LogP contribution in [0.15, 0.2) is 35.4 Å². The zero-order valence-corrected chi connectivity index (χ0v) is 20.2. The van der Waals surface area contributed by atoms with Crippen molar-refractivity contribution < 1.29 is 9.53 Å². The first kappa shape index (κ1) is 25.2. The van der Waals surface area contributed by atoms with Crippen LogP contribution in [0.5, 0.6) is 0 Å². The molecule has 0 radical (unpaired) electrons. The van der Waals surface area contributed by atoms with Crippen molar-refractivity contribution in [1.29, 1.82) is 0 Å². The molecule has 1 amide bonds. The van der Waals surface area contributed by atoms with E-state index in [0.717, 1.165) is 0 Å². The first-order chi connectivity index (χ1) is 16.4. The Balaban J connectivity index is 0.000000239. The lowest BCUT2D eigenvalue weighted by atomic mass is 9.96. The van der Waals surface area contributed by atoms with Crippen LogP contribution in [0.4, 0.5) is 17.3 Å². The predicted molar refractivity (Wildman–Crippen MR) is 134 cm³/mol. The Bertz CT molecular complexity index is 1140. The van der Waals surface area contributed by atoms with E-state index in [1.807, 2.05) is 0 Å². The number of hydrogen-bond donors (Lipinski definition) is 3. The number of aromatic nitrogens is 4. The molecule has 2 aliphatic carbocycles. The number of fused-ring (bicyclic) bond motifs is 1. The van der Waals surface area contributed by atoms with Crippen molar-refractivity contribution in [2.24, 2.45) is 12.8 Å². The Hall–Kier alpha value is -3.40. The second-order valence-corrected chi connectivity index (χ2v) is 8.45. The highest BCUT2D eigenvalue weighted by molar-refractivity contribution is 5.98. The van der Waals surface area contributed by atoms with E-state index in [1.54, 1.807) is 45.6 Å². The maximum absolute atomic E-state index is 12.1. The number of pyridine rings is 1. The highest BCUT2D eigenvalue weighted by Gasteiger charge is 2.16. The molecule has 0 saturated heterocycles. The van der Waals surface area contributed by atoms with Gasteiger partial charge in [0.2, 0.25) is 0 Å². The van der Waals surface area contributed by atoms with E-state index in [2.05, 4.69) is 20.7 Å². The number of carbonyl (C=O) groups is 1. The van der Waals surface area contributed by atoms with Crippen LogP contribution in [0.3, 0.4) is 0 Å². The standard InChI is InChI=1S/C14H15N7O2.C5H10O.C5H10/c1-16-11-6-10(18-9-4-3-5-20(2)14(9)23)19-13-8(12(15)22)7-17-21(11)13;1-6-5-3-2-4-5;1-2-4-5-3-1/h3-7,16H,1-2H3,(H2,15,22)(H,18,19);5H,2-4H2,1H3;1-5H2. The van der Waals surface area contributed by atoms with Crippen LogP contribution in [-0.4, -0.2) is 45.3 Å². The summed E-state index contributed by atoms with van der Waals surface area (Å²) in [5.74, 6) is 0.369. The molecule has 0 unspecified atom stereocenters. The summed E-state index contributed by atoms with van der Waals surface area (Å²) in [6.07, 6.45) is 15.1. The van der Waals surface area contributed by atoms with Crippen molar-refractivity contribution in [2.45, 2.75) is 57.5 Å². The topological polar surface area (TPSA) is 129 Å². The molecule has 3 heterocycles. The number of aryl methyl sites for hydroxylation is 1. The second-order valence-electron chi connectivity index (χ2n) is 8.45. The van der Waals surface area contributed by atoms with Crippen LogP contribution >= 0.6 is 0 Å². The van der Waals surface area contributed by atoms with E-state index in [4.69, 9.17) is 10.5 Å². The molecule has 34 heavy (non-hydrogen) atoms. The van der Waals surface area contributed by atoms with Crippen molar-refractivity contribution in [1.82, 2.24) is 19.2 Å². The number of nitrogens with two attached hydrogens (primary N) is 1. The van der Waals surface area contributed by atoms with E-state index in [0.29, 0.717) is 29.1 Å². The zero-order valence-electron chi connectivity index (χ0n) is 20.2. The Morgan fingerprint density at radius 1 is 1.18 bits per heavy atom. The first-order valence-corrected chi connectivity index (χ1v) is 11.8. The molecular formula is C24H35N7O3. The smallest absolute Gasteiger partial charge is 0.274 e. The Morgan fingerprint density at radius 2 is 1.85 bits per heavy atom. The summed E-state index contributed by atoms with van der Waals surface area (Å²) in [5, 5.41) is 10.0. The number of anilines is 3. The van der Waals surface area contributed by atoms with Crippen LogP contribution in [0.2, 0.25) is 0 Å². The van der Waals surface area contributed by atoms with Gasteiger partial charge in [0.25, 0.3) is 11.5 Å². The predicted octanol–water partition coefficient (Wildman–Crippen LogP) is 3.45. The molecular weight excluding hydrogens is 434 g/mol. The fraction of sp³-hybridized carbons (Fsp3) is 0.500. The summed E-state index contributed by atoms with van der Waals surface area (Å²) in [5.41, 5.74) is 6.02. The molecule has 0 spiro atoms. The lowest BCUT2D eigenvalue weighted by molar-refractivity contribution is 0.0412. The number of amides is 1. The minimum atomic E-state index is -0.623. The van der Waals surface area contributed by atoms with Crippen LogP contribution < -0.4 is 21.9 Å². The van der Waals surface area contributed by atoms with Gasteiger partial charge in [-0.15, -0.1) is 0 Å². The molecule has 10 nitrogen and oxygen atoms in total. The van der Waals surface area contributed by atoms with Gasteiger partial charge in [0, 0.05) is 33.5 Å². The minimum absolute atomic E-state index is 0.191. The summed E-state index contributed by atoms with van der Waals surface area (Å²) in [6.45, 7) is 0. The van der Waals surface area contributed by atoms with Gasteiger partial charge < -0.3 is 25.7 Å². The van der Waals surface area contributed by atoms with Gasteiger partial charge in [-0.1, -0.05) is 32.1 Å². The quantitative estimate of drug-likeness (QED) is 0.522. The molecule has 0 aliphatic heterocycles. The van der Waals surface area contributed by atoms with Crippen LogP contribution in [0, 0.1) is 0 Å². The van der Waals surface area contributed by atoms with Gasteiger partial charge in [-0.25, -0.2) is 4.98 Å². The summed E-state index contributed by atoms with van der Waals surface area (Å²) >= 11 is 0. The van der Waals surface area contributed by atoms with Gasteiger partial charge >= 0.3 is 0 Å². The summed E-state index contributed by atoms with van der Waals surface area (Å²) < 4.78 is 7.90. The van der Waals surface area contributed by atoms with Crippen molar-refractivity contribution in [3.8, 4) is 0 Å². The third kappa shape index (κ3) is 6.34. The number of methoxy groups -OCH3 is 1. The Morgan fingerprint density at radius 3 is 2.35 bits per heavy atom. The van der Waals surface area contributed by atoms with Crippen LogP contribution in [-0.2, 0) is 11.8 Å². The van der Waals surface area contributed by atoms with Gasteiger partial charge in [0.1, 0.15) is 22.9 Å². The van der Waals surface area contributed by atoms with Crippen LogP contribution in [0.1, 0.15) is 61.7 Å². The third-order valence-corrected chi connectivity index (χ3v) is 6.01. The molecule has 3 aromatic heterocycles. The fourth-order valence-corrected chi connectivity index (χ4v) is 3.70. The molecule has 5 rings (SSSR count). The van der Waals surface area contributed by atoms with E-state index < -0.39 is 5.91 Å². The number of ether oxygens (including phenoxy) is 1. The Labute approximate surface area is 199 Å². The molecule has 3 aromatic rings. The molecule has 0 atom stereocenters. The van der Waals surface area contributed by atoms with E-state index >= 15 is 0 Å². The van der Waals surface area contributed by atoms with Crippen molar-refractivity contribution in [3.05, 3.63) is 46.5 Å². The molecule has 2 fully saturated rings. The average Bonchev–Trinajstić information content (AvgIpc) is 3.49. The molecule has 2 saturated carbocycles. The van der Waals surface area contributed by atoms with E-state index in [-0.39, 0.29) is 11.1 Å². The maximum Gasteiger partial charge on any atom is 0.274 e. The highest BCUT2D eigenvalue weighted by Crippen LogP contribution is 2.21. The van der Waals surface area contributed by atoms with Gasteiger partial charge in [0.15, 0.2) is 5.65 Å². The van der Waals surface area contributed by atoms with E-state index in [1.165, 1.54) is 66.6 Å². The number of primary amides is 1. The summed E-state index contributed by atoms with van der Waals surface area (Å²) in [6, 6.07) is 5.07. The SMILES string of the molecule is C1CCCC1.CNc1cc(Nc2cccn(C)c2=O)nc2c(C(N)=O)cnn12.COC1CCC1. The third-order valence-electron chi connectivity index (χ3n) is 6.01. The normalized spacial score (nSPS) is 14.9. The molecule has 184 valence electrons. The number of nitrogens with one attached hydrogen (secondary N) is 2. The lowest BCUT2D eigenvalue weighted by Crippen LogP contribution is -2.19. The fourth-order valence-electron chi connectivity index (χ4n) is 3.70. The number of nitrogens with zero attached hydrogens (tertiary/aromatic N) is 4. The molecule has 4 N–H and O–H groups in total. The zero-order chi connectivity index (χ0) is 24.5. The molecule has 0 aromatic carbocycles. The number of rotatable bonds is 5. The van der Waals surface area contributed by atoms with Crippen molar-refractivity contribution in [2.75, 3.05) is 24.8 Å².